The number of hydrogen-bond acceptors (Lipinski definition) is 4. The standard InChI is InChI=1S/C11H11FN4OS/c1-7-13-14-11(18-2)16(7)15-10(17)8-4-3-5-9(12)6-8/h3-6H,1-2H3,(H,15,17). The first kappa shape index (κ1) is 12.6. The van der Waals surface area contributed by atoms with E-state index in [2.05, 4.69) is 15.6 Å². The van der Waals surface area contributed by atoms with Gasteiger partial charge in [-0.05, 0) is 31.4 Å². The van der Waals surface area contributed by atoms with E-state index in [1.165, 1.54) is 40.7 Å². The van der Waals surface area contributed by atoms with Crippen LogP contribution in [-0.4, -0.2) is 27.0 Å². The number of rotatable bonds is 3. The smallest absolute Gasteiger partial charge is 0.267 e. The van der Waals surface area contributed by atoms with Gasteiger partial charge in [0.2, 0.25) is 5.16 Å². The van der Waals surface area contributed by atoms with Crippen molar-refractivity contribution in [1.29, 1.82) is 0 Å². The monoisotopic (exact) mass is 266 g/mol. The summed E-state index contributed by atoms with van der Waals surface area (Å²) >= 11 is 1.36. The quantitative estimate of drug-likeness (QED) is 0.861. The highest BCUT2D eigenvalue weighted by molar-refractivity contribution is 7.98. The van der Waals surface area contributed by atoms with E-state index in [0.29, 0.717) is 11.0 Å². The van der Waals surface area contributed by atoms with Gasteiger partial charge in [-0.15, -0.1) is 10.2 Å². The highest BCUT2D eigenvalue weighted by Gasteiger charge is 2.12. The normalized spacial score (nSPS) is 10.4. The summed E-state index contributed by atoms with van der Waals surface area (Å²) in [7, 11) is 0. The van der Waals surface area contributed by atoms with Crippen molar-refractivity contribution in [2.45, 2.75) is 12.1 Å². The van der Waals surface area contributed by atoms with E-state index in [0.717, 1.165) is 0 Å². The summed E-state index contributed by atoms with van der Waals surface area (Å²) in [5.41, 5.74) is 2.86. The molecule has 94 valence electrons. The van der Waals surface area contributed by atoms with E-state index >= 15 is 0 Å². The molecule has 1 heterocycles. The second kappa shape index (κ2) is 5.18. The fourth-order valence-electron chi connectivity index (χ4n) is 1.40. The topological polar surface area (TPSA) is 59.8 Å². The van der Waals surface area contributed by atoms with E-state index in [9.17, 15) is 9.18 Å². The zero-order valence-corrected chi connectivity index (χ0v) is 10.7. The van der Waals surface area contributed by atoms with Gasteiger partial charge in [-0.3, -0.25) is 10.2 Å². The summed E-state index contributed by atoms with van der Waals surface area (Å²) < 4.78 is 14.5. The van der Waals surface area contributed by atoms with Crippen LogP contribution < -0.4 is 5.43 Å². The third kappa shape index (κ3) is 2.51. The van der Waals surface area contributed by atoms with E-state index < -0.39 is 11.7 Å². The number of benzene rings is 1. The molecule has 0 bridgehead atoms. The number of aryl methyl sites for hydroxylation is 1. The van der Waals surface area contributed by atoms with Crippen molar-refractivity contribution in [3.05, 3.63) is 41.5 Å². The van der Waals surface area contributed by atoms with E-state index in [4.69, 9.17) is 0 Å². The molecule has 1 aromatic carbocycles. The zero-order valence-electron chi connectivity index (χ0n) is 9.85. The Morgan fingerprint density at radius 2 is 2.22 bits per heavy atom. The maximum atomic E-state index is 13.0. The minimum atomic E-state index is -0.451. The lowest BCUT2D eigenvalue weighted by Gasteiger charge is -2.09. The highest BCUT2D eigenvalue weighted by Crippen LogP contribution is 2.12. The number of carbonyl (C=O) groups excluding carboxylic acids is 1. The Hall–Kier alpha value is -1.89. The van der Waals surface area contributed by atoms with Gasteiger partial charge in [0.15, 0.2) is 0 Å². The zero-order chi connectivity index (χ0) is 13.1. The summed E-state index contributed by atoms with van der Waals surface area (Å²) in [6, 6.07) is 5.48. The SMILES string of the molecule is CSc1nnc(C)n1NC(=O)c1cccc(F)c1. The van der Waals surface area contributed by atoms with Crippen LogP contribution in [0.3, 0.4) is 0 Å². The number of aromatic nitrogens is 3. The molecule has 0 unspecified atom stereocenters. The van der Waals surface area contributed by atoms with Gasteiger partial charge in [0.25, 0.3) is 5.91 Å². The van der Waals surface area contributed by atoms with Gasteiger partial charge in [-0.25, -0.2) is 9.07 Å². The van der Waals surface area contributed by atoms with Crippen LogP contribution in [0.1, 0.15) is 16.2 Å². The first-order valence-electron chi connectivity index (χ1n) is 5.14. The van der Waals surface area contributed by atoms with E-state index in [1.54, 1.807) is 6.92 Å². The maximum absolute atomic E-state index is 13.0. The van der Waals surface area contributed by atoms with Crippen LogP contribution in [0.2, 0.25) is 0 Å². The van der Waals surface area contributed by atoms with Gasteiger partial charge < -0.3 is 0 Å². The van der Waals surface area contributed by atoms with Crippen LogP contribution >= 0.6 is 11.8 Å². The summed E-state index contributed by atoms with van der Waals surface area (Å²) in [6.07, 6.45) is 1.83. The molecule has 7 heteroatoms. The van der Waals surface area contributed by atoms with Crippen molar-refractivity contribution < 1.29 is 9.18 Å². The predicted molar refractivity (Wildman–Crippen MR) is 66.6 cm³/mol. The molecule has 2 rings (SSSR count). The number of thioether (sulfide) groups is 1. The molecule has 0 saturated carbocycles. The Bertz CT molecular complexity index is 584. The third-order valence-corrected chi connectivity index (χ3v) is 2.91. The van der Waals surface area contributed by atoms with Gasteiger partial charge in [0.1, 0.15) is 11.6 Å². The van der Waals surface area contributed by atoms with E-state index in [-0.39, 0.29) is 5.56 Å². The average Bonchev–Trinajstić information content (AvgIpc) is 2.70. The number of nitrogens with zero attached hydrogens (tertiary/aromatic N) is 3. The van der Waals surface area contributed by atoms with Crippen molar-refractivity contribution in [1.82, 2.24) is 14.9 Å². The fraction of sp³-hybridized carbons (Fsp3) is 0.182. The minimum absolute atomic E-state index is 0.246. The Morgan fingerprint density at radius 3 is 2.89 bits per heavy atom. The van der Waals surface area contributed by atoms with Crippen LogP contribution in [0.25, 0.3) is 0 Å². The molecule has 0 atom stereocenters. The molecular formula is C11H11FN4OS. The molecule has 0 saturated heterocycles. The molecule has 1 aromatic heterocycles. The highest BCUT2D eigenvalue weighted by atomic mass is 32.2. The second-order valence-corrected chi connectivity index (χ2v) is 4.29. The van der Waals surface area contributed by atoms with Crippen LogP contribution in [0, 0.1) is 12.7 Å². The van der Waals surface area contributed by atoms with Gasteiger partial charge in [-0.1, -0.05) is 17.8 Å². The molecule has 18 heavy (non-hydrogen) atoms. The third-order valence-electron chi connectivity index (χ3n) is 2.28. The average molecular weight is 266 g/mol. The molecule has 0 fully saturated rings. The summed E-state index contributed by atoms with van der Waals surface area (Å²) in [5.74, 6) is -0.301. The first-order valence-corrected chi connectivity index (χ1v) is 6.37. The predicted octanol–water partition coefficient (Wildman–Crippen LogP) is 1.83. The van der Waals surface area contributed by atoms with Gasteiger partial charge in [0, 0.05) is 5.56 Å². The lowest BCUT2D eigenvalue weighted by molar-refractivity contribution is 0.100. The van der Waals surface area contributed by atoms with Crippen molar-refractivity contribution >= 4 is 17.7 Å². The number of carbonyl (C=O) groups is 1. The molecule has 0 radical (unpaired) electrons. The maximum Gasteiger partial charge on any atom is 0.270 e. The summed E-state index contributed by atoms with van der Waals surface area (Å²) in [6.45, 7) is 1.72. The summed E-state index contributed by atoms with van der Waals surface area (Å²) in [5, 5.41) is 8.31. The van der Waals surface area contributed by atoms with Crippen molar-refractivity contribution in [3.63, 3.8) is 0 Å². The lowest BCUT2D eigenvalue weighted by atomic mass is 10.2. The minimum Gasteiger partial charge on any atom is -0.267 e. The number of amides is 1. The first-order chi connectivity index (χ1) is 8.61. The van der Waals surface area contributed by atoms with Crippen molar-refractivity contribution in [3.8, 4) is 0 Å². The van der Waals surface area contributed by atoms with Gasteiger partial charge in [0.05, 0.1) is 0 Å². The number of nitrogens with one attached hydrogen (secondary N) is 1. The van der Waals surface area contributed by atoms with Crippen LogP contribution in [0.5, 0.6) is 0 Å². The molecule has 0 aliphatic heterocycles. The van der Waals surface area contributed by atoms with Gasteiger partial charge >= 0.3 is 0 Å². The number of halogens is 1. The Kier molecular flexibility index (Phi) is 3.61. The molecule has 2 aromatic rings. The molecular weight excluding hydrogens is 255 g/mol. The molecule has 0 aliphatic rings. The molecule has 5 nitrogen and oxygen atoms in total. The van der Waals surface area contributed by atoms with Crippen LogP contribution in [0.15, 0.2) is 29.4 Å². The Morgan fingerprint density at radius 1 is 1.44 bits per heavy atom. The molecule has 1 amide bonds. The summed E-state index contributed by atoms with van der Waals surface area (Å²) in [4.78, 5) is 11.9. The second-order valence-electron chi connectivity index (χ2n) is 3.52. The van der Waals surface area contributed by atoms with Crippen LogP contribution in [0.4, 0.5) is 4.39 Å². The largest absolute Gasteiger partial charge is 0.270 e. The Balaban J connectivity index is 2.24. The van der Waals surface area contributed by atoms with Crippen LogP contribution in [-0.2, 0) is 0 Å². The molecule has 1 N–H and O–H groups in total. The van der Waals surface area contributed by atoms with Crippen molar-refractivity contribution in [2.24, 2.45) is 0 Å². The number of hydrogen-bond donors (Lipinski definition) is 1. The molecule has 0 spiro atoms. The van der Waals surface area contributed by atoms with Crippen molar-refractivity contribution in [2.75, 3.05) is 11.7 Å². The lowest BCUT2D eigenvalue weighted by Crippen LogP contribution is -2.24. The van der Waals surface area contributed by atoms with E-state index in [1.807, 2.05) is 6.26 Å². The molecule has 0 aliphatic carbocycles. The Labute approximate surface area is 107 Å². The fourth-order valence-corrected chi connectivity index (χ4v) is 1.88. The van der Waals surface area contributed by atoms with Gasteiger partial charge in [-0.2, -0.15) is 0 Å².